The van der Waals surface area contributed by atoms with Gasteiger partial charge in [-0.15, -0.1) is 0 Å². The molecule has 4 nitrogen and oxygen atoms in total. The van der Waals surface area contributed by atoms with Gasteiger partial charge < -0.3 is 15.0 Å². The van der Waals surface area contributed by atoms with Gasteiger partial charge in [-0.2, -0.15) is 0 Å². The van der Waals surface area contributed by atoms with Crippen molar-refractivity contribution in [2.45, 2.75) is 39.4 Å². The van der Waals surface area contributed by atoms with Gasteiger partial charge in [-0.05, 0) is 39.0 Å². The van der Waals surface area contributed by atoms with Crippen LogP contribution in [0.25, 0.3) is 0 Å². The van der Waals surface area contributed by atoms with Crippen molar-refractivity contribution in [2.24, 2.45) is 0 Å². The van der Waals surface area contributed by atoms with Gasteiger partial charge in [-0.25, -0.2) is 4.39 Å². The van der Waals surface area contributed by atoms with Crippen molar-refractivity contribution in [3.63, 3.8) is 0 Å². The second-order valence-electron chi connectivity index (χ2n) is 5.38. The SMILES string of the molecule is COc1ccc(C[NH+](C)[C@@H](C)C(=O)NC(C)C)cc1F. The summed E-state index contributed by atoms with van der Waals surface area (Å²) in [4.78, 5) is 12.9. The highest BCUT2D eigenvalue weighted by Crippen LogP contribution is 2.17. The summed E-state index contributed by atoms with van der Waals surface area (Å²) in [7, 11) is 3.36. The summed E-state index contributed by atoms with van der Waals surface area (Å²) in [6.45, 7) is 6.30. The van der Waals surface area contributed by atoms with Crippen LogP contribution in [0.1, 0.15) is 26.3 Å². The van der Waals surface area contributed by atoms with E-state index in [9.17, 15) is 9.18 Å². The first-order valence-corrected chi connectivity index (χ1v) is 6.80. The number of quaternary nitrogens is 1. The zero-order valence-electron chi connectivity index (χ0n) is 12.8. The number of hydrogen-bond acceptors (Lipinski definition) is 2. The number of ether oxygens (including phenoxy) is 1. The average molecular weight is 283 g/mol. The van der Waals surface area contributed by atoms with Gasteiger partial charge in [0.2, 0.25) is 0 Å². The second kappa shape index (κ2) is 7.24. The van der Waals surface area contributed by atoms with E-state index in [0.717, 1.165) is 10.5 Å². The molecule has 0 aromatic heterocycles. The average Bonchev–Trinajstić information content (AvgIpc) is 2.37. The maximum Gasteiger partial charge on any atom is 0.278 e. The van der Waals surface area contributed by atoms with Gasteiger partial charge in [-0.3, -0.25) is 4.79 Å². The molecule has 0 heterocycles. The molecule has 2 N–H and O–H groups in total. The molecular weight excluding hydrogens is 259 g/mol. The summed E-state index contributed by atoms with van der Waals surface area (Å²) in [5, 5.41) is 2.88. The Labute approximate surface area is 119 Å². The predicted molar refractivity (Wildman–Crippen MR) is 76.3 cm³/mol. The highest BCUT2D eigenvalue weighted by atomic mass is 19.1. The molecule has 0 fully saturated rings. The first-order chi connectivity index (χ1) is 9.35. The number of hydrogen-bond donors (Lipinski definition) is 2. The van der Waals surface area contributed by atoms with Gasteiger partial charge >= 0.3 is 0 Å². The zero-order chi connectivity index (χ0) is 15.3. The van der Waals surface area contributed by atoms with Crippen LogP contribution in [0.3, 0.4) is 0 Å². The fourth-order valence-corrected chi connectivity index (χ4v) is 1.93. The molecule has 112 valence electrons. The van der Waals surface area contributed by atoms with Gasteiger partial charge in [-0.1, -0.05) is 0 Å². The van der Waals surface area contributed by atoms with Crippen LogP contribution in [-0.2, 0) is 11.3 Å². The number of carbonyl (C=O) groups is 1. The quantitative estimate of drug-likeness (QED) is 0.809. The lowest BCUT2D eigenvalue weighted by atomic mass is 10.1. The van der Waals surface area contributed by atoms with Gasteiger partial charge in [0.1, 0.15) is 6.54 Å². The van der Waals surface area contributed by atoms with Crippen molar-refractivity contribution in [3.8, 4) is 5.75 Å². The van der Waals surface area contributed by atoms with Crippen molar-refractivity contribution in [1.82, 2.24) is 5.32 Å². The third-order valence-electron chi connectivity index (χ3n) is 3.26. The number of carbonyl (C=O) groups excluding carboxylic acids is 1. The van der Waals surface area contributed by atoms with Crippen LogP contribution in [-0.4, -0.2) is 32.1 Å². The van der Waals surface area contributed by atoms with Crippen LogP contribution >= 0.6 is 0 Å². The number of nitrogens with one attached hydrogen (secondary N) is 2. The third kappa shape index (κ3) is 4.49. The lowest BCUT2D eigenvalue weighted by Crippen LogP contribution is -3.12. The molecule has 0 radical (unpaired) electrons. The first-order valence-electron chi connectivity index (χ1n) is 6.80. The van der Waals surface area contributed by atoms with Crippen LogP contribution in [0.4, 0.5) is 4.39 Å². The monoisotopic (exact) mass is 283 g/mol. The first kappa shape index (κ1) is 16.4. The fourth-order valence-electron chi connectivity index (χ4n) is 1.93. The molecular formula is C15H24FN2O2+. The molecule has 0 bridgehead atoms. The summed E-state index contributed by atoms with van der Waals surface area (Å²) in [6.07, 6.45) is 0. The van der Waals surface area contributed by atoms with Gasteiger partial charge in [0.25, 0.3) is 5.91 Å². The third-order valence-corrected chi connectivity index (χ3v) is 3.26. The van der Waals surface area contributed by atoms with E-state index < -0.39 is 0 Å². The summed E-state index contributed by atoms with van der Waals surface area (Å²) >= 11 is 0. The van der Waals surface area contributed by atoms with Crippen molar-refractivity contribution < 1.29 is 18.8 Å². The number of benzene rings is 1. The molecule has 0 aliphatic rings. The molecule has 0 spiro atoms. The minimum atomic E-state index is -0.378. The van der Waals surface area contributed by atoms with E-state index in [4.69, 9.17) is 4.74 Å². The van der Waals surface area contributed by atoms with Crippen molar-refractivity contribution in [2.75, 3.05) is 14.2 Å². The summed E-state index contributed by atoms with van der Waals surface area (Å²) in [5.41, 5.74) is 0.838. The van der Waals surface area contributed by atoms with Gasteiger partial charge in [0, 0.05) is 11.6 Å². The van der Waals surface area contributed by atoms with Gasteiger partial charge in [0.05, 0.1) is 14.2 Å². The Morgan fingerprint density at radius 3 is 2.55 bits per heavy atom. The van der Waals surface area contributed by atoms with E-state index in [1.807, 2.05) is 33.9 Å². The van der Waals surface area contributed by atoms with Gasteiger partial charge in [0.15, 0.2) is 17.6 Å². The fraction of sp³-hybridized carbons (Fsp3) is 0.533. The molecule has 1 aromatic rings. The second-order valence-corrected chi connectivity index (χ2v) is 5.38. The molecule has 1 aromatic carbocycles. The smallest absolute Gasteiger partial charge is 0.278 e. The van der Waals surface area contributed by atoms with E-state index in [1.54, 1.807) is 6.07 Å². The summed E-state index contributed by atoms with van der Waals surface area (Å²) in [5.74, 6) is -0.138. The van der Waals surface area contributed by atoms with E-state index in [0.29, 0.717) is 6.54 Å². The van der Waals surface area contributed by atoms with E-state index in [1.165, 1.54) is 13.2 Å². The minimum absolute atomic E-state index is 0.00600. The normalized spacial score (nSPS) is 13.9. The predicted octanol–water partition coefficient (Wildman–Crippen LogP) is 0.762. The van der Waals surface area contributed by atoms with Crippen LogP contribution < -0.4 is 15.0 Å². The molecule has 20 heavy (non-hydrogen) atoms. The largest absolute Gasteiger partial charge is 0.494 e. The minimum Gasteiger partial charge on any atom is -0.494 e. The summed E-state index contributed by atoms with van der Waals surface area (Å²) < 4.78 is 18.5. The van der Waals surface area contributed by atoms with E-state index in [2.05, 4.69) is 5.32 Å². The van der Waals surface area contributed by atoms with Crippen molar-refractivity contribution in [1.29, 1.82) is 0 Å². The molecule has 1 rings (SSSR count). The molecule has 0 saturated heterocycles. The van der Waals surface area contributed by atoms with E-state index in [-0.39, 0.29) is 29.6 Å². The number of halogens is 1. The Bertz CT molecular complexity index is 463. The molecule has 0 saturated carbocycles. The van der Waals surface area contributed by atoms with Crippen molar-refractivity contribution >= 4 is 5.91 Å². The molecule has 1 amide bonds. The van der Waals surface area contributed by atoms with Crippen LogP contribution in [0.5, 0.6) is 5.75 Å². The Balaban J connectivity index is 2.67. The molecule has 5 heteroatoms. The summed E-state index contributed by atoms with van der Waals surface area (Å²) in [6, 6.07) is 4.81. The Hall–Kier alpha value is -1.62. The number of rotatable bonds is 6. The lowest BCUT2D eigenvalue weighted by molar-refractivity contribution is -0.908. The standard InChI is InChI=1S/C15H23FN2O2/c1-10(2)17-15(19)11(3)18(4)9-12-6-7-14(20-5)13(16)8-12/h6-8,10-11H,9H2,1-5H3,(H,17,19)/p+1/t11-/m0/s1. The molecule has 2 atom stereocenters. The molecule has 0 aliphatic carbocycles. The van der Waals surface area contributed by atoms with Crippen LogP contribution in [0.2, 0.25) is 0 Å². The molecule has 0 aliphatic heterocycles. The highest BCUT2D eigenvalue weighted by Gasteiger charge is 2.22. The number of amides is 1. The Kier molecular flexibility index (Phi) is 5.95. The molecule has 1 unspecified atom stereocenters. The maximum absolute atomic E-state index is 13.6. The number of methoxy groups -OCH3 is 1. The van der Waals surface area contributed by atoms with Crippen molar-refractivity contribution in [3.05, 3.63) is 29.6 Å². The zero-order valence-corrected chi connectivity index (χ0v) is 12.8. The Morgan fingerprint density at radius 2 is 2.05 bits per heavy atom. The topological polar surface area (TPSA) is 42.8 Å². The maximum atomic E-state index is 13.6. The highest BCUT2D eigenvalue weighted by molar-refractivity contribution is 5.80. The van der Waals surface area contributed by atoms with Crippen LogP contribution in [0.15, 0.2) is 18.2 Å². The number of likely N-dealkylation sites (N-methyl/N-ethyl adjacent to an activating group) is 1. The Morgan fingerprint density at radius 1 is 1.40 bits per heavy atom. The van der Waals surface area contributed by atoms with Crippen LogP contribution in [0, 0.1) is 5.82 Å². The van der Waals surface area contributed by atoms with E-state index >= 15 is 0 Å². The lowest BCUT2D eigenvalue weighted by Gasteiger charge is -2.22.